The molecular formula is C20H29N3O. The highest BCUT2D eigenvalue weighted by molar-refractivity contribution is 5.93. The number of nitrogens with zero attached hydrogens (tertiary/aromatic N) is 2. The fourth-order valence-corrected chi connectivity index (χ4v) is 5.78. The van der Waals surface area contributed by atoms with Crippen LogP contribution in [-0.4, -0.2) is 41.8 Å². The van der Waals surface area contributed by atoms with E-state index in [1.807, 2.05) is 12.1 Å². The van der Waals surface area contributed by atoms with Crippen molar-refractivity contribution in [3.05, 3.63) is 29.8 Å². The zero-order valence-corrected chi connectivity index (χ0v) is 14.9. The third-order valence-corrected chi connectivity index (χ3v) is 6.37. The molecule has 4 aliphatic rings. The van der Waals surface area contributed by atoms with Crippen molar-refractivity contribution in [2.75, 3.05) is 31.9 Å². The molecule has 0 atom stereocenters. The number of carbonyl (C=O) groups excluding carboxylic acids is 1. The molecule has 130 valence electrons. The van der Waals surface area contributed by atoms with Crippen molar-refractivity contribution in [1.82, 2.24) is 9.80 Å². The van der Waals surface area contributed by atoms with Gasteiger partial charge >= 0.3 is 0 Å². The van der Waals surface area contributed by atoms with Gasteiger partial charge < -0.3 is 5.73 Å². The SMILES string of the molecule is CCCC12CN3CC(CCC)(CN(C1)C3c1ccc(N)cc1)C2=O. The van der Waals surface area contributed by atoms with Gasteiger partial charge in [0, 0.05) is 31.9 Å². The molecule has 5 rings (SSSR count). The smallest absolute Gasteiger partial charge is 0.150 e. The number of nitrogen functional groups attached to an aromatic ring is 1. The van der Waals surface area contributed by atoms with E-state index in [4.69, 9.17) is 5.73 Å². The first-order chi connectivity index (χ1) is 11.5. The standard InChI is InChI=1S/C20H29N3O/c1-3-9-19-11-22-13-20(10-4-2,18(19)24)14-23(12-19)17(22)15-5-7-16(21)8-6-15/h5-8,17H,3-4,9-14,21H2,1-2H3. The number of nitrogens with two attached hydrogens (primary N) is 1. The van der Waals surface area contributed by atoms with Gasteiger partial charge in [-0.05, 0) is 30.5 Å². The highest BCUT2D eigenvalue weighted by Gasteiger charge is 2.64. The molecule has 2 N–H and O–H groups in total. The Kier molecular flexibility index (Phi) is 3.73. The number of benzene rings is 1. The average Bonchev–Trinajstić information content (AvgIpc) is 2.54. The van der Waals surface area contributed by atoms with Gasteiger partial charge in [-0.3, -0.25) is 14.6 Å². The first-order valence-electron chi connectivity index (χ1n) is 9.42. The zero-order chi connectivity index (χ0) is 16.9. The Morgan fingerprint density at radius 2 is 1.42 bits per heavy atom. The highest BCUT2D eigenvalue weighted by Crippen LogP contribution is 2.55. The molecule has 4 bridgehead atoms. The van der Waals surface area contributed by atoms with Gasteiger partial charge in [0.2, 0.25) is 0 Å². The summed E-state index contributed by atoms with van der Waals surface area (Å²) >= 11 is 0. The lowest BCUT2D eigenvalue weighted by molar-refractivity contribution is -0.205. The Labute approximate surface area is 145 Å². The topological polar surface area (TPSA) is 49.6 Å². The van der Waals surface area contributed by atoms with Crippen LogP contribution in [0, 0.1) is 10.8 Å². The number of hydrogen-bond acceptors (Lipinski definition) is 4. The number of rotatable bonds is 5. The molecule has 0 aromatic heterocycles. The number of ketones is 1. The van der Waals surface area contributed by atoms with Gasteiger partial charge in [-0.15, -0.1) is 0 Å². The van der Waals surface area contributed by atoms with Crippen molar-refractivity contribution in [1.29, 1.82) is 0 Å². The van der Waals surface area contributed by atoms with Crippen LogP contribution in [-0.2, 0) is 4.79 Å². The summed E-state index contributed by atoms with van der Waals surface area (Å²) in [5, 5.41) is 0. The van der Waals surface area contributed by atoms with Crippen LogP contribution < -0.4 is 5.73 Å². The van der Waals surface area contributed by atoms with Crippen LogP contribution in [0.5, 0.6) is 0 Å². The van der Waals surface area contributed by atoms with E-state index in [2.05, 4.69) is 35.8 Å². The lowest BCUT2D eigenvalue weighted by Gasteiger charge is -2.66. The van der Waals surface area contributed by atoms with E-state index < -0.39 is 0 Å². The monoisotopic (exact) mass is 327 g/mol. The predicted octanol–water partition coefficient (Wildman–Crippen LogP) is 3.05. The minimum Gasteiger partial charge on any atom is -0.399 e. The molecule has 0 aliphatic carbocycles. The Morgan fingerprint density at radius 1 is 0.958 bits per heavy atom. The lowest BCUT2D eigenvalue weighted by atomic mass is 9.57. The number of Topliss-reactive ketones (excluding diaryl/α,β-unsaturated/α-hetero) is 1. The minimum absolute atomic E-state index is 0.134. The molecule has 0 amide bonds. The highest BCUT2D eigenvalue weighted by atomic mass is 16.1. The van der Waals surface area contributed by atoms with E-state index in [0.717, 1.165) is 57.5 Å². The van der Waals surface area contributed by atoms with Crippen LogP contribution >= 0.6 is 0 Å². The maximum absolute atomic E-state index is 13.4. The number of anilines is 1. The van der Waals surface area contributed by atoms with Gasteiger partial charge in [0.15, 0.2) is 0 Å². The maximum Gasteiger partial charge on any atom is 0.150 e. The summed E-state index contributed by atoms with van der Waals surface area (Å²) in [6, 6.07) is 8.31. The van der Waals surface area contributed by atoms with Crippen LogP contribution in [0.25, 0.3) is 0 Å². The molecule has 4 aliphatic heterocycles. The van der Waals surface area contributed by atoms with Crippen LogP contribution in [0.3, 0.4) is 0 Å². The molecule has 4 nitrogen and oxygen atoms in total. The molecule has 4 fully saturated rings. The predicted molar refractivity (Wildman–Crippen MR) is 96.4 cm³/mol. The average molecular weight is 327 g/mol. The molecule has 4 saturated heterocycles. The molecule has 4 heteroatoms. The quantitative estimate of drug-likeness (QED) is 0.845. The van der Waals surface area contributed by atoms with Crippen molar-refractivity contribution in [3.8, 4) is 0 Å². The summed E-state index contributed by atoms with van der Waals surface area (Å²) < 4.78 is 0. The first kappa shape index (κ1) is 16.1. The molecule has 0 saturated carbocycles. The van der Waals surface area contributed by atoms with E-state index in [1.54, 1.807) is 0 Å². The van der Waals surface area contributed by atoms with Gasteiger partial charge in [0.25, 0.3) is 0 Å². The van der Waals surface area contributed by atoms with E-state index in [9.17, 15) is 4.79 Å². The van der Waals surface area contributed by atoms with Gasteiger partial charge in [0.1, 0.15) is 5.78 Å². The second-order valence-electron chi connectivity index (χ2n) is 8.24. The molecule has 0 radical (unpaired) electrons. The van der Waals surface area contributed by atoms with Crippen molar-refractivity contribution in [3.63, 3.8) is 0 Å². The largest absolute Gasteiger partial charge is 0.399 e. The van der Waals surface area contributed by atoms with Crippen molar-refractivity contribution in [2.45, 2.75) is 45.7 Å². The third-order valence-electron chi connectivity index (χ3n) is 6.37. The molecular weight excluding hydrogens is 298 g/mol. The van der Waals surface area contributed by atoms with Crippen LogP contribution in [0.2, 0.25) is 0 Å². The Morgan fingerprint density at radius 3 is 1.83 bits per heavy atom. The van der Waals surface area contributed by atoms with Gasteiger partial charge in [-0.1, -0.05) is 38.8 Å². The van der Waals surface area contributed by atoms with E-state index >= 15 is 0 Å². The van der Waals surface area contributed by atoms with Crippen molar-refractivity contribution >= 4 is 11.5 Å². The lowest BCUT2D eigenvalue weighted by Crippen LogP contribution is -2.76. The minimum atomic E-state index is -0.134. The Balaban J connectivity index is 1.72. The maximum atomic E-state index is 13.4. The summed E-state index contributed by atoms with van der Waals surface area (Å²) in [6.45, 7) is 8.13. The van der Waals surface area contributed by atoms with Gasteiger partial charge in [0.05, 0.1) is 17.0 Å². The fourth-order valence-electron chi connectivity index (χ4n) is 5.78. The van der Waals surface area contributed by atoms with Crippen molar-refractivity contribution < 1.29 is 4.79 Å². The molecule has 4 heterocycles. The molecule has 1 aromatic carbocycles. The van der Waals surface area contributed by atoms with E-state index in [0.29, 0.717) is 11.9 Å². The molecule has 24 heavy (non-hydrogen) atoms. The number of carbonyl (C=O) groups is 1. The van der Waals surface area contributed by atoms with Crippen LogP contribution in [0.1, 0.15) is 51.3 Å². The Bertz CT molecular complexity index is 595. The molecule has 0 spiro atoms. The summed E-state index contributed by atoms with van der Waals surface area (Å²) in [7, 11) is 0. The van der Waals surface area contributed by atoms with Gasteiger partial charge in [-0.25, -0.2) is 0 Å². The zero-order valence-electron chi connectivity index (χ0n) is 14.9. The summed E-state index contributed by atoms with van der Waals surface area (Å²) in [4.78, 5) is 18.6. The van der Waals surface area contributed by atoms with Crippen LogP contribution in [0.15, 0.2) is 24.3 Å². The first-order valence-corrected chi connectivity index (χ1v) is 9.42. The van der Waals surface area contributed by atoms with Gasteiger partial charge in [-0.2, -0.15) is 0 Å². The van der Waals surface area contributed by atoms with Crippen LogP contribution in [0.4, 0.5) is 5.69 Å². The fraction of sp³-hybridized carbons (Fsp3) is 0.650. The summed E-state index contributed by atoms with van der Waals surface area (Å²) in [5.41, 5.74) is 7.73. The molecule has 1 aromatic rings. The Hall–Kier alpha value is -1.39. The summed E-state index contributed by atoms with van der Waals surface area (Å²) in [5.74, 6) is 0.571. The van der Waals surface area contributed by atoms with E-state index in [1.165, 1.54) is 5.56 Å². The third kappa shape index (κ3) is 2.16. The second kappa shape index (κ2) is 5.57. The van der Waals surface area contributed by atoms with Crippen molar-refractivity contribution in [2.24, 2.45) is 10.8 Å². The second-order valence-corrected chi connectivity index (χ2v) is 8.24. The normalized spacial score (nSPS) is 40.2. The summed E-state index contributed by atoms with van der Waals surface area (Å²) in [6.07, 6.45) is 4.54. The molecule has 0 unspecified atom stereocenters. The number of piperidine rings is 2. The van der Waals surface area contributed by atoms with E-state index in [-0.39, 0.29) is 10.8 Å². The number of hydrogen-bond donors (Lipinski definition) is 1.